The molecule has 1 aromatic rings. The fourth-order valence-corrected chi connectivity index (χ4v) is 2.12. The zero-order valence-corrected chi connectivity index (χ0v) is 8.89. The summed E-state index contributed by atoms with van der Waals surface area (Å²) in [4.78, 5) is 2.28. The maximum absolute atomic E-state index is 9.55. The van der Waals surface area contributed by atoms with Gasteiger partial charge < -0.3 is 10.8 Å². The van der Waals surface area contributed by atoms with Gasteiger partial charge >= 0.3 is 0 Å². The van der Waals surface area contributed by atoms with Crippen molar-refractivity contribution in [1.29, 1.82) is 0 Å². The minimum absolute atomic E-state index is 0.153. The molecule has 1 unspecified atom stereocenters. The molecule has 0 radical (unpaired) electrons. The molecule has 1 atom stereocenters. The number of nitrogens with two attached hydrogens (primary N) is 1. The Labute approximate surface area is 90.5 Å². The van der Waals surface area contributed by atoms with E-state index in [1.807, 2.05) is 18.2 Å². The van der Waals surface area contributed by atoms with Gasteiger partial charge in [0.15, 0.2) is 0 Å². The Kier molecular flexibility index (Phi) is 3.23. The van der Waals surface area contributed by atoms with Crippen molar-refractivity contribution in [3.05, 3.63) is 29.8 Å². The molecule has 1 fully saturated rings. The standard InChI is InChI=1S/C12H18N2O/c13-11-4-1-3-10(7-11)8-14-6-2-5-12(15)9-14/h1,3-4,7,12,15H,2,5-6,8-9,13H2. The number of hydrogen-bond donors (Lipinski definition) is 2. The molecule has 2 rings (SSSR count). The van der Waals surface area contributed by atoms with E-state index in [1.165, 1.54) is 5.56 Å². The molecule has 0 spiro atoms. The Balaban J connectivity index is 1.96. The van der Waals surface area contributed by atoms with Gasteiger partial charge in [-0.05, 0) is 37.1 Å². The number of aliphatic hydroxyl groups is 1. The molecule has 3 N–H and O–H groups in total. The summed E-state index contributed by atoms with van der Waals surface area (Å²) in [5, 5.41) is 9.55. The smallest absolute Gasteiger partial charge is 0.0667 e. The second-order valence-corrected chi connectivity index (χ2v) is 4.28. The molecule has 0 saturated carbocycles. The topological polar surface area (TPSA) is 49.5 Å². The van der Waals surface area contributed by atoms with Gasteiger partial charge in [-0.15, -0.1) is 0 Å². The van der Waals surface area contributed by atoms with Crippen molar-refractivity contribution in [3.63, 3.8) is 0 Å². The van der Waals surface area contributed by atoms with Crippen LogP contribution in [-0.4, -0.2) is 29.2 Å². The van der Waals surface area contributed by atoms with Crippen molar-refractivity contribution in [3.8, 4) is 0 Å². The summed E-state index contributed by atoms with van der Waals surface area (Å²) in [5.74, 6) is 0. The number of benzene rings is 1. The van der Waals surface area contributed by atoms with Crippen molar-refractivity contribution in [2.24, 2.45) is 0 Å². The lowest BCUT2D eigenvalue weighted by Gasteiger charge is -2.29. The second-order valence-electron chi connectivity index (χ2n) is 4.28. The maximum Gasteiger partial charge on any atom is 0.0667 e. The average molecular weight is 206 g/mol. The molecule has 0 amide bonds. The number of aliphatic hydroxyl groups excluding tert-OH is 1. The first-order valence-electron chi connectivity index (χ1n) is 5.49. The largest absolute Gasteiger partial charge is 0.399 e. The zero-order chi connectivity index (χ0) is 10.7. The van der Waals surface area contributed by atoms with Crippen LogP contribution in [0.2, 0.25) is 0 Å². The number of nitrogen functional groups attached to an aromatic ring is 1. The van der Waals surface area contributed by atoms with Crippen LogP contribution >= 0.6 is 0 Å². The van der Waals surface area contributed by atoms with Crippen LogP contribution < -0.4 is 5.73 Å². The van der Waals surface area contributed by atoms with Gasteiger partial charge in [0.1, 0.15) is 0 Å². The van der Waals surface area contributed by atoms with Crippen molar-refractivity contribution in [2.75, 3.05) is 18.8 Å². The Bertz CT molecular complexity index is 327. The summed E-state index contributed by atoms with van der Waals surface area (Å²) in [5.41, 5.74) is 7.76. The first kappa shape index (κ1) is 10.5. The number of rotatable bonds is 2. The molecule has 1 saturated heterocycles. The van der Waals surface area contributed by atoms with Gasteiger partial charge in [0, 0.05) is 18.8 Å². The summed E-state index contributed by atoms with van der Waals surface area (Å²) in [6.07, 6.45) is 1.87. The van der Waals surface area contributed by atoms with Gasteiger partial charge in [-0.25, -0.2) is 0 Å². The Morgan fingerprint density at radius 1 is 1.47 bits per heavy atom. The van der Waals surface area contributed by atoms with E-state index in [1.54, 1.807) is 0 Å². The van der Waals surface area contributed by atoms with Crippen LogP contribution in [0.3, 0.4) is 0 Å². The quantitative estimate of drug-likeness (QED) is 0.715. The monoisotopic (exact) mass is 206 g/mol. The molecule has 3 nitrogen and oxygen atoms in total. The number of likely N-dealkylation sites (tertiary alicyclic amines) is 1. The van der Waals surface area contributed by atoms with E-state index in [0.717, 1.165) is 38.2 Å². The third kappa shape index (κ3) is 2.94. The number of hydrogen-bond acceptors (Lipinski definition) is 3. The molecule has 1 aromatic carbocycles. The summed E-state index contributed by atoms with van der Waals surface area (Å²) >= 11 is 0. The van der Waals surface area contributed by atoms with Gasteiger partial charge in [-0.1, -0.05) is 12.1 Å². The summed E-state index contributed by atoms with van der Waals surface area (Å²) in [7, 11) is 0. The summed E-state index contributed by atoms with van der Waals surface area (Å²) in [6.45, 7) is 2.75. The Morgan fingerprint density at radius 2 is 2.33 bits per heavy atom. The van der Waals surface area contributed by atoms with Gasteiger partial charge in [0.05, 0.1) is 6.10 Å². The van der Waals surface area contributed by atoms with Gasteiger partial charge in [0.25, 0.3) is 0 Å². The fraction of sp³-hybridized carbons (Fsp3) is 0.500. The molecule has 3 heteroatoms. The predicted octanol–water partition coefficient (Wildman–Crippen LogP) is 1.23. The van der Waals surface area contributed by atoms with E-state index in [4.69, 9.17) is 5.73 Å². The van der Waals surface area contributed by atoms with Crippen molar-refractivity contribution in [1.82, 2.24) is 4.90 Å². The normalized spacial score (nSPS) is 22.9. The number of piperidine rings is 1. The van der Waals surface area contributed by atoms with E-state index >= 15 is 0 Å². The molecule has 1 aliphatic heterocycles. The first-order chi connectivity index (χ1) is 7.24. The van der Waals surface area contributed by atoms with E-state index in [9.17, 15) is 5.11 Å². The highest BCUT2D eigenvalue weighted by atomic mass is 16.3. The van der Waals surface area contributed by atoms with Gasteiger partial charge in [0.2, 0.25) is 0 Å². The number of β-amino-alcohol motifs (C(OH)–C–C–N with tert-alkyl or cyclic N) is 1. The summed E-state index contributed by atoms with van der Waals surface area (Å²) < 4.78 is 0. The molecule has 1 aliphatic rings. The highest BCUT2D eigenvalue weighted by Crippen LogP contribution is 2.14. The maximum atomic E-state index is 9.55. The van der Waals surface area contributed by atoms with Gasteiger partial charge in [-0.3, -0.25) is 4.90 Å². The van der Waals surface area contributed by atoms with Crippen LogP contribution in [0.25, 0.3) is 0 Å². The zero-order valence-electron chi connectivity index (χ0n) is 8.89. The van der Waals surface area contributed by atoms with Crippen LogP contribution in [0.15, 0.2) is 24.3 Å². The van der Waals surface area contributed by atoms with Crippen molar-refractivity contribution >= 4 is 5.69 Å². The van der Waals surface area contributed by atoms with E-state index in [2.05, 4.69) is 11.0 Å². The van der Waals surface area contributed by atoms with Crippen molar-refractivity contribution < 1.29 is 5.11 Å². The van der Waals surface area contributed by atoms with Gasteiger partial charge in [-0.2, -0.15) is 0 Å². The summed E-state index contributed by atoms with van der Waals surface area (Å²) in [6, 6.07) is 7.96. The Morgan fingerprint density at radius 3 is 3.07 bits per heavy atom. The van der Waals surface area contributed by atoms with Crippen LogP contribution in [0.4, 0.5) is 5.69 Å². The molecule has 15 heavy (non-hydrogen) atoms. The molecule has 1 heterocycles. The molecule has 82 valence electrons. The minimum atomic E-state index is -0.153. The molecule has 0 aromatic heterocycles. The fourth-order valence-electron chi connectivity index (χ4n) is 2.12. The molecular weight excluding hydrogens is 188 g/mol. The van der Waals surface area contributed by atoms with Crippen LogP contribution in [0, 0.1) is 0 Å². The number of nitrogens with zero attached hydrogens (tertiary/aromatic N) is 1. The van der Waals surface area contributed by atoms with Crippen LogP contribution in [0.5, 0.6) is 0 Å². The molecule has 0 bridgehead atoms. The van der Waals surface area contributed by atoms with Crippen LogP contribution in [-0.2, 0) is 6.54 Å². The molecular formula is C12H18N2O. The second kappa shape index (κ2) is 4.64. The highest BCUT2D eigenvalue weighted by molar-refractivity contribution is 5.40. The lowest BCUT2D eigenvalue weighted by molar-refractivity contribution is 0.0668. The lowest BCUT2D eigenvalue weighted by atomic mass is 10.1. The average Bonchev–Trinajstić information content (AvgIpc) is 2.17. The first-order valence-corrected chi connectivity index (χ1v) is 5.49. The molecule has 0 aliphatic carbocycles. The van der Waals surface area contributed by atoms with Crippen molar-refractivity contribution in [2.45, 2.75) is 25.5 Å². The van der Waals surface area contributed by atoms with Crippen LogP contribution in [0.1, 0.15) is 18.4 Å². The van der Waals surface area contributed by atoms with E-state index in [-0.39, 0.29) is 6.10 Å². The van der Waals surface area contributed by atoms with E-state index < -0.39 is 0 Å². The SMILES string of the molecule is Nc1cccc(CN2CCCC(O)C2)c1. The highest BCUT2D eigenvalue weighted by Gasteiger charge is 2.17. The Hall–Kier alpha value is -1.06. The van der Waals surface area contributed by atoms with E-state index in [0.29, 0.717) is 0 Å². The minimum Gasteiger partial charge on any atom is -0.399 e. The predicted molar refractivity (Wildman–Crippen MR) is 61.4 cm³/mol. The third-order valence-electron chi connectivity index (χ3n) is 2.84. The number of anilines is 1. The lowest BCUT2D eigenvalue weighted by Crippen LogP contribution is -2.37. The third-order valence-corrected chi connectivity index (χ3v) is 2.84.